The lowest BCUT2D eigenvalue weighted by Gasteiger charge is -2.17. The molecule has 0 radical (unpaired) electrons. The third kappa shape index (κ3) is 4.28. The van der Waals surface area contributed by atoms with Crippen LogP contribution in [0.2, 0.25) is 0 Å². The summed E-state index contributed by atoms with van der Waals surface area (Å²) < 4.78 is 5.14. The number of fused-ring (bicyclic) bond motifs is 1. The van der Waals surface area contributed by atoms with Crippen LogP contribution in [0.4, 0.5) is 5.82 Å². The van der Waals surface area contributed by atoms with Gasteiger partial charge >= 0.3 is 0 Å². The van der Waals surface area contributed by atoms with Crippen molar-refractivity contribution in [1.82, 2.24) is 21.1 Å². The number of nitrogens with one attached hydrogen (secondary N) is 3. The second kappa shape index (κ2) is 8.54. The molecule has 1 aliphatic rings. The molecule has 2 aromatic carbocycles. The Balaban J connectivity index is 1.27. The van der Waals surface area contributed by atoms with E-state index in [9.17, 15) is 9.59 Å². The molecule has 0 saturated carbocycles. The number of amides is 2. The Hall–Kier alpha value is -3.39. The molecule has 0 bridgehead atoms. The Labute approximate surface area is 174 Å². The van der Waals surface area contributed by atoms with E-state index < -0.39 is 6.04 Å². The van der Waals surface area contributed by atoms with Gasteiger partial charge in [-0.1, -0.05) is 41.6 Å². The number of benzene rings is 2. The number of nitrogens with two attached hydrogens (primary N) is 1. The first-order valence-electron chi connectivity index (χ1n) is 10.0. The van der Waals surface area contributed by atoms with Gasteiger partial charge in [-0.15, -0.1) is 0 Å². The quantitative estimate of drug-likeness (QED) is 0.493. The van der Waals surface area contributed by atoms with Crippen molar-refractivity contribution >= 4 is 28.6 Å². The zero-order valence-corrected chi connectivity index (χ0v) is 16.7. The summed E-state index contributed by atoms with van der Waals surface area (Å²) in [4.78, 5) is 25.0. The predicted octanol–water partition coefficient (Wildman–Crippen LogP) is 1.68. The number of carbonyl (C=O) groups excluding carboxylic acids is 2. The lowest BCUT2D eigenvalue weighted by Crippen LogP contribution is -2.49. The number of carbonyl (C=O) groups is 2. The van der Waals surface area contributed by atoms with Crippen molar-refractivity contribution in [2.75, 3.05) is 12.3 Å². The molecule has 0 spiro atoms. The van der Waals surface area contributed by atoms with Crippen molar-refractivity contribution in [3.8, 4) is 0 Å². The fourth-order valence-electron chi connectivity index (χ4n) is 3.75. The summed E-state index contributed by atoms with van der Waals surface area (Å²) in [6.07, 6.45) is 0.713. The zero-order valence-electron chi connectivity index (χ0n) is 16.7. The highest BCUT2D eigenvalue weighted by atomic mass is 16.5. The van der Waals surface area contributed by atoms with Crippen molar-refractivity contribution < 1.29 is 14.1 Å². The monoisotopic (exact) mass is 407 g/mol. The Morgan fingerprint density at radius 2 is 2.07 bits per heavy atom. The van der Waals surface area contributed by atoms with Gasteiger partial charge in [0.2, 0.25) is 11.8 Å². The van der Waals surface area contributed by atoms with E-state index in [2.05, 4.69) is 33.2 Å². The summed E-state index contributed by atoms with van der Waals surface area (Å²) in [7, 11) is 0. The number of hydrogen-bond acceptors (Lipinski definition) is 6. The summed E-state index contributed by atoms with van der Waals surface area (Å²) in [5.74, 6) is 0.228. The minimum Gasteiger partial charge on any atom is -0.380 e. The second-order valence-electron chi connectivity index (χ2n) is 7.65. The van der Waals surface area contributed by atoms with Crippen molar-refractivity contribution in [3.63, 3.8) is 0 Å². The molecule has 5 N–H and O–H groups in total. The Morgan fingerprint density at radius 3 is 2.87 bits per heavy atom. The first-order valence-corrected chi connectivity index (χ1v) is 10.0. The molecule has 1 fully saturated rings. The minimum atomic E-state index is -0.639. The predicted molar refractivity (Wildman–Crippen MR) is 113 cm³/mol. The molecular formula is C22H25N5O3. The van der Waals surface area contributed by atoms with Crippen LogP contribution in [-0.4, -0.2) is 35.6 Å². The van der Waals surface area contributed by atoms with Gasteiger partial charge < -0.3 is 26.2 Å². The van der Waals surface area contributed by atoms with Gasteiger partial charge in [0, 0.05) is 13.1 Å². The van der Waals surface area contributed by atoms with Crippen molar-refractivity contribution in [1.29, 1.82) is 0 Å². The molecule has 156 valence electrons. The van der Waals surface area contributed by atoms with E-state index in [-0.39, 0.29) is 17.9 Å². The lowest BCUT2D eigenvalue weighted by atomic mass is 9.96. The lowest BCUT2D eigenvalue weighted by molar-refractivity contribution is -0.129. The maximum atomic E-state index is 12.6. The zero-order chi connectivity index (χ0) is 21.1. The van der Waals surface area contributed by atoms with Crippen LogP contribution in [0.15, 0.2) is 53.1 Å². The normalized spacial score (nSPS) is 19.5. The fourth-order valence-corrected chi connectivity index (χ4v) is 3.75. The van der Waals surface area contributed by atoms with Crippen LogP contribution in [0.3, 0.4) is 0 Å². The van der Waals surface area contributed by atoms with E-state index in [0.717, 1.165) is 17.5 Å². The molecule has 0 aliphatic carbocycles. The summed E-state index contributed by atoms with van der Waals surface area (Å²) in [6.45, 7) is 2.74. The molecule has 8 heteroatoms. The first kappa shape index (κ1) is 19.9. The highest BCUT2D eigenvalue weighted by Gasteiger charge is 2.31. The van der Waals surface area contributed by atoms with Gasteiger partial charge in [0.15, 0.2) is 11.4 Å². The molecule has 2 heterocycles. The van der Waals surface area contributed by atoms with Crippen molar-refractivity contribution in [2.45, 2.75) is 37.9 Å². The van der Waals surface area contributed by atoms with Gasteiger partial charge in [0.25, 0.3) is 0 Å². The molecule has 1 aliphatic heterocycles. The fraction of sp³-hybridized carbons (Fsp3) is 0.318. The average molecular weight is 407 g/mol. The molecule has 2 amide bonds. The van der Waals surface area contributed by atoms with Gasteiger partial charge in [-0.2, -0.15) is 0 Å². The van der Waals surface area contributed by atoms with Crippen LogP contribution in [0.1, 0.15) is 30.4 Å². The molecular weight excluding hydrogens is 382 g/mol. The van der Waals surface area contributed by atoms with Crippen LogP contribution < -0.4 is 21.7 Å². The van der Waals surface area contributed by atoms with Crippen molar-refractivity contribution in [3.05, 3.63) is 59.7 Å². The molecule has 1 saturated heterocycles. The van der Waals surface area contributed by atoms with Crippen molar-refractivity contribution in [2.24, 2.45) is 0 Å². The number of rotatable bonds is 6. The third-order valence-corrected chi connectivity index (χ3v) is 5.50. The standard InChI is InChI=1S/C22H25N5O3/c1-13(21(28)25-11-14-7-8-17-19(9-14)30-27-20(17)23)26-22(29)18-10-16(12-24-18)15-5-3-2-4-6-15/h2-9,13,16,18,24H,10-12H2,1H3,(H2,23,27)(H,25,28)(H,26,29)/t13-,16-,18+/m0/s1. The number of nitrogens with zero attached hydrogens (tertiary/aromatic N) is 1. The smallest absolute Gasteiger partial charge is 0.242 e. The Morgan fingerprint density at radius 1 is 1.27 bits per heavy atom. The highest BCUT2D eigenvalue weighted by Crippen LogP contribution is 2.25. The molecule has 4 rings (SSSR count). The van der Waals surface area contributed by atoms with E-state index in [1.165, 1.54) is 5.56 Å². The number of aromatic nitrogens is 1. The van der Waals surface area contributed by atoms with E-state index >= 15 is 0 Å². The van der Waals surface area contributed by atoms with Crippen LogP contribution in [0, 0.1) is 0 Å². The molecule has 3 aromatic rings. The van der Waals surface area contributed by atoms with E-state index in [1.54, 1.807) is 13.0 Å². The van der Waals surface area contributed by atoms with Crippen LogP contribution in [0.5, 0.6) is 0 Å². The number of anilines is 1. The summed E-state index contributed by atoms with van der Waals surface area (Å²) in [6, 6.07) is 14.6. The van der Waals surface area contributed by atoms with Crippen LogP contribution >= 0.6 is 0 Å². The summed E-state index contributed by atoms with van der Waals surface area (Å²) in [5.41, 5.74) is 8.35. The molecule has 30 heavy (non-hydrogen) atoms. The SMILES string of the molecule is C[C@H](NC(=O)[C@H]1C[C@H](c2ccccc2)CN1)C(=O)NCc1ccc2c(N)noc2c1. The summed E-state index contributed by atoms with van der Waals surface area (Å²) in [5, 5.41) is 13.4. The number of nitrogen functional groups attached to an aromatic ring is 1. The summed E-state index contributed by atoms with van der Waals surface area (Å²) >= 11 is 0. The van der Waals surface area contributed by atoms with Gasteiger partial charge in [-0.25, -0.2) is 0 Å². The second-order valence-corrected chi connectivity index (χ2v) is 7.65. The third-order valence-electron chi connectivity index (χ3n) is 5.50. The van der Waals surface area contributed by atoms with E-state index in [0.29, 0.717) is 30.3 Å². The maximum Gasteiger partial charge on any atom is 0.242 e. The first-order chi connectivity index (χ1) is 14.5. The largest absolute Gasteiger partial charge is 0.380 e. The Kier molecular flexibility index (Phi) is 5.67. The molecule has 3 atom stereocenters. The molecule has 8 nitrogen and oxygen atoms in total. The number of hydrogen-bond donors (Lipinski definition) is 4. The van der Waals surface area contributed by atoms with Gasteiger partial charge in [0.1, 0.15) is 6.04 Å². The van der Waals surface area contributed by atoms with Crippen LogP contribution in [0.25, 0.3) is 11.0 Å². The molecule has 1 aromatic heterocycles. The van der Waals surface area contributed by atoms with E-state index in [4.69, 9.17) is 10.3 Å². The maximum absolute atomic E-state index is 12.6. The van der Waals surface area contributed by atoms with Crippen LogP contribution in [-0.2, 0) is 16.1 Å². The highest BCUT2D eigenvalue weighted by molar-refractivity contribution is 5.90. The van der Waals surface area contributed by atoms with Gasteiger partial charge in [-0.3, -0.25) is 9.59 Å². The minimum absolute atomic E-state index is 0.158. The topological polar surface area (TPSA) is 122 Å². The Bertz CT molecular complexity index is 1050. The van der Waals surface area contributed by atoms with Gasteiger partial charge in [0.05, 0.1) is 11.4 Å². The average Bonchev–Trinajstić information content (AvgIpc) is 3.40. The molecule has 0 unspecified atom stereocenters. The van der Waals surface area contributed by atoms with Gasteiger partial charge in [-0.05, 0) is 42.5 Å². The van der Waals surface area contributed by atoms with E-state index in [1.807, 2.05) is 30.3 Å².